The first kappa shape index (κ1) is 7.90. The fourth-order valence-electron chi connectivity index (χ4n) is 1.01. The molecule has 0 aliphatic carbocycles. The van der Waals surface area contributed by atoms with Crippen molar-refractivity contribution in [1.82, 2.24) is 27.0 Å². The van der Waals surface area contributed by atoms with Crippen LogP contribution in [0, 0.1) is 5.92 Å². The van der Waals surface area contributed by atoms with Crippen LogP contribution in [0.2, 0.25) is 0 Å². The predicted octanol–water partition coefficient (Wildman–Crippen LogP) is -1.07. The Labute approximate surface area is 61.0 Å². The molecule has 1 fully saturated rings. The second-order valence-corrected chi connectivity index (χ2v) is 2.81. The van der Waals surface area contributed by atoms with Crippen LogP contribution < -0.4 is 22.0 Å². The summed E-state index contributed by atoms with van der Waals surface area (Å²) < 4.78 is 0. The molecule has 0 saturated carbocycles. The molecule has 1 rings (SSSR count). The van der Waals surface area contributed by atoms with Gasteiger partial charge in [-0.1, -0.05) is 13.8 Å². The van der Waals surface area contributed by atoms with Crippen LogP contribution in [-0.2, 0) is 0 Å². The topological polar surface area (TPSA) is 51.4 Å². The molecule has 5 nitrogen and oxygen atoms in total. The molecule has 0 bridgehead atoms. The Morgan fingerprint density at radius 1 is 1.30 bits per heavy atom. The van der Waals surface area contributed by atoms with Crippen molar-refractivity contribution in [3.63, 3.8) is 0 Å². The van der Waals surface area contributed by atoms with Crippen LogP contribution in [0.5, 0.6) is 0 Å². The third-order valence-corrected chi connectivity index (χ3v) is 1.56. The number of hydrazine groups is 4. The third-order valence-electron chi connectivity index (χ3n) is 1.56. The fourth-order valence-corrected chi connectivity index (χ4v) is 1.01. The molecule has 0 amide bonds. The van der Waals surface area contributed by atoms with Gasteiger partial charge in [-0.25, -0.2) is 10.4 Å². The van der Waals surface area contributed by atoms with Gasteiger partial charge in [-0.15, -0.1) is 0 Å². The van der Waals surface area contributed by atoms with E-state index in [2.05, 4.69) is 35.9 Å². The quantitative estimate of drug-likeness (QED) is 0.379. The normalized spacial score (nSPS) is 29.4. The average Bonchev–Trinajstić information content (AvgIpc) is 1.88. The van der Waals surface area contributed by atoms with Gasteiger partial charge in [0.25, 0.3) is 0 Å². The maximum atomic E-state index is 3.07. The molecule has 0 aromatic heterocycles. The minimum atomic E-state index is 0.321. The maximum absolute atomic E-state index is 3.07. The van der Waals surface area contributed by atoms with E-state index in [0.29, 0.717) is 12.1 Å². The number of nitrogens with one attached hydrogen (secondary N) is 4. The Bertz CT molecular complexity index is 104. The van der Waals surface area contributed by atoms with E-state index >= 15 is 0 Å². The van der Waals surface area contributed by atoms with Crippen LogP contribution in [0.15, 0.2) is 0 Å². The highest BCUT2D eigenvalue weighted by Gasteiger charge is 2.20. The Hall–Kier alpha value is -0.200. The van der Waals surface area contributed by atoms with E-state index in [1.165, 1.54) is 0 Å². The van der Waals surface area contributed by atoms with Crippen molar-refractivity contribution >= 4 is 0 Å². The van der Waals surface area contributed by atoms with Gasteiger partial charge in [-0.2, -0.15) is 16.6 Å². The summed E-state index contributed by atoms with van der Waals surface area (Å²) in [6.45, 7) is 4.31. The molecule has 10 heavy (non-hydrogen) atoms. The van der Waals surface area contributed by atoms with Crippen LogP contribution in [0.1, 0.15) is 13.8 Å². The lowest BCUT2D eigenvalue weighted by Gasteiger charge is -2.36. The van der Waals surface area contributed by atoms with Gasteiger partial charge in [0.1, 0.15) is 0 Å². The number of nitrogens with zero attached hydrogens (tertiary/aromatic N) is 1. The van der Waals surface area contributed by atoms with Crippen molar-refractivity contribution in [3.8, 4) is 0 Å². The molecular weight excluding hydrogens is 130 g/mol. The lowest BCUT2D eigenvalue weighted by atomic mass is 10.1. The van der Waals surface area contributed by atoms with Crippen LogP contribution in [0.3, 0.4) is 0 Å². The van der Waals surface area contributed by atoms with Crippen molar-refractivity contribution < 1.29 is 0 Å². The Morgan fingerprint density at radius 2 is 2.00 bits per heavy atom. The maximum Gasteiger partial charge on any atom is 0.0907 e. The van der Waals surface area contributed by atoms with E-state index in [1.807, 2.05) is 12.1 Å². The van der Waals surface area contributed by atoms with Gasteiger partial charge in [0, 0.05) is 7.05 Å². The lowest BCUT2D eigenvalue weighted by molar-refractivity contribution is -0.00129. The molecule has 1 saturated heterocycles. The summed E-state index contributed by atoms with van der Waals surface area (Å²) >= 11 is 0. The Balaban J connectivity index is 2.40. The molecule has 0 aromatic rings. The molecular formula is C5H15N5. The first-order valence-electron chi connectivity index (χ1n) is 3.46. The molecule has 5 heteroatoms. The van der Waals surface area contributed by atoms with Gasteiger partial charge < -0.3 is 0 Å². The lowest BCUT2D eigenvalue weighted by Crippen LogP contribution is -2.71. The van der Waals surface area contributed by atoms with Gasteiger partial charge in [0.2, 0.25) is 0 Å². The predicted molar refractivity (Wildman–Crippen MR) is 38.9 cm³/mol. The fraction of sp³-hybridized carbons (Fsp3) is 1.00. The van der Waals surface area contributed by atoms with Crippen molar-refractivity contribution in [1.29, 1.82) is 0 Å². The molecule has 60 valence electrons. The van der Waals surface area contributed by atoms with E-state index in [-0.39, 0.29) is 0 Å². The summed E-state index contributed by atoms with van der Waals surface area (Å²) in [5.74, 6) is 0.562. The molecule has 1 unspecified atom stereocenters. The van der Waals surface area contributed by atoms with Crippen LogP contribution >= 0.6 is 0 Å². The van der Waals surface area contributed by atoms with E-state index in [1.54, 1.807) is 0 Å². The number of rotatable bonds is 1. The van der Waals surface area contributed by atoms with Crippen LogP contribution in [0.25, 0.3) is 0 Å². The minimum absolute atomic E-state index is 0.321. The number of hydrogen-bond donors (Lipinski definition) is 4. The zero-order valence-corrected chi connectivity index (χ0v) is 6.60. The Morgan fingerprint density at radius 3 is 2.40 bits per heavy atom. The van der Waals surface area contributed by atoms with Gasteiger partial charge >= 0.3 is 0 Å². The first-order valence-corrected chi connectivity index (χ1v) is 3.46. The standard InChI is InChI=1S/C5H15N5/c1-4(2)5-6-7-8-9-10(5)3/h4-9H,1-3H3. The minimum Gasteiger partial charge on any atom is -0.224 e. The highest BCUT2D eigenvalue weighted by molar-refractivity contribution is 4.65. The molecule has 1 atom stereocenters. The second kappa shape index (κ2) is 3.27. The molecule has 1 aliphatic rings. The van der Waals surface area contributed by atoms with E-state index in [0.717, 1.165) is 0 Å². The van der Waals surface area contributed by atoms with E-state index in [9.17, 15) is 0 Å². The smallest absolute Gasteiger partial charge is 0.0907 e. The third kappa shape index (κ3) is 1.65. The summed E-state index contributed by atoms with van der Waals surface area (Å²) in [7, 11) is 1.98. The summed E-state index contributed by atoms with van der Waals surface area (Å²) in [6, 6.07) is 0. The summed E-state index contributed by atoms with van der Waals surface area (Å²) in [5, 5.41) is 1.97. The molecule has 1 aliphatic heterocycles. The van der Waals surface area contributed by atoms with Gasteiger partial charge in [0.15, 0.2) is 0 Å². The zero-order valence-electron chi connectivity index (χ0n) is 6.60. The van der Waals surface area contributed by atoms with Crippen LogP contribution in [0.4, 0.5) is 0 Å². The summed E-state index contributed by atoms with van der Waals surface area (Å²) in [6.07, 6.45) is 0.321. The highest BCUT2D eigenvalue weighted by Crippen LogP contribution is 2.02. The average molecular weight is 145 g/mol. The van der Waals surface area contributed by atoms with Crippen molar-refractivity contribution in [2.75, 3.05) is 7.05 Å². The van der Waals surface area contributed by atoms with Crippen LogP contribution in [-0.4, -0.2) is 18.2 Å². The van der Waals surface area contributed by atoms with Gasteiger partial charge in [-0.05, 0) is 5.92 Å². The molecule has 1 heterocycles. The highest BCUT2D eigenvalue weighted by atomic mass is 15.9. The molecule has 0 aromatic carbocycles. The summed E-state index contributed by atoms with van der Waals surface area (Å²) in [5.41, 5.74) is 11.5. The second-order valence-electron chi connectivity index (χ2n) is 2.81. The van der Waals surface area contributed by atoms with Crippen molar-refractivity contribution in [2.24, 2.45) is 5.92 Å². The summed E-state index contributed by atoms with van der Waals surface area (Å²) in [4.78, 5) is 0. The SMILES string of the molecule is CC(C)C1NNNNN1C. The molecule has 0 spiro atoms. The Kier molecular flexibility index (Phi) is 2.58. The van der Waals surface area contributed by atoms with Crippen molar-refractivity contribution in [3.05, 3.63) is 0 Å². The molecule has 0 radical (unpaired) electrons. The number of hydrogen-bond acceptors (Lipinski definition) is 5. The van der Waals surface area contributed by atoms with E-state index in [4.69, 9.17) is 0 Å². The van der Waals surface area contributed by atoms with Gasteiger partial charge in [0.05, 0.1) is 6.17 Å². The largest absolute Gasteiger partial charge is 0.224 e. The van der Waals surface area contributed by atoms with E-state index < -0.39 is 0 Å². The molecule has 4 N–H and O–H groups in total. The zero-order chi connectivity index (χ0) is 7.56. The first-order chi connectivity index (χ1) is 4.72. The monoisotopic (exact) mass is 145 g/mol. The van der Waals surface area contributed by atoms with Crippen molar-refractivity contribution in [2.45, 2.75) is 20.0 Å². The van der Waals surface area contributed by atoms with Gasteiger partial charge in [-0.3, -0.25) is 0 Å².